The molecule has 0 spiro atoms. The molecule has 0 amide bonds. The molecule has 1 aromatic heterocycles. The Labute approximate surface area is 141 Å². The molecule has 2 aliphatic rings. The van der Waals surface area contributed by atoms with Gasteiger partial charge in [-0.3, -0.25) is 15.5 Å². The number of carbonyl (C=O) groups excluding carboxylic acids is 1. The highest BCUT2D eigenvalue weighted by Gasteiger charge is 2.37. The number of allylic oxidation sites excluding steroid dienone is 2. The molecule has 0 bridgehead atoms. The lowest BCUT2D eigenvalue weighted by Gasteiger charge is -2.13. The summed E-state index contributed by atoms with van der Waals surface area (Å²) in [5.41, 5.74) is 6.45. The molecule has 120 valence electrons. The maximum atomic E-state index is 12.8. The monoisotopic (exact) mass is 340 g/mol. The molecule has 7 nitrogen and oxygen atoms in total. The Morgan fingerprint density at radius 2 is 1.96 bits per heavy atom. The van der Waals surface area contributed by atoms with Crippen LogP contribution >= 0.6 is 11.8 Å². The van der Waals surface area contributed by atoms with Gasteiger partial charge in [0.15, 0.2) is 5.04 Å². The number of rotatable bonds is 2. The number of benzene rings is 1. The van der Waals surface area contributed by atoms with Crippen molar-refractivity contribution in [2.45, 2.75) is 11.3 Å². The maximum absolute atomic E-state index is 12.8. The molecule has 2 N–H and O–H groups in total. The molecule has 1 aromatic carbocycles. The van der Waals surface area contributed by atoms with Gasteiger partial charge in [0.25, 0.3) is 5.52 Å². The van der Waals surface area contributed by atoms with Gasteiger partial charge in [-0.25, -0.2) is 4.73 Å². The Hall–Kier alpha value is -2.87. The van der Waals surface area contributed by atoms with Gasteiger partial charge in [-0.05, 0) is 12.1 Å². The van der Waals surface area contributed by atoms with Gasteiger partial charge in [-0.2, -0.15) is 4.73 Å². The highest BCUT2D eigenvalue weighted by Crippen LogP contribution is 2.34. The Morgan fingerprint density at radius 1 is 1.17 bits per heavy atom. The highest BCUT2D eigenvalue weighted by molar-refractivity contribution is 8.15. The number of nitrogens with two attached hydrogens (primary N) is 1. The van der Waals surface area contributed by atoms with Gasteiger partial charge in [0.2, 0.25) is 5.52 Å². The zero-order valence-electron chi connectivity index (χ0n) is 12.3. The minimum absolute atomic E-state index is 0.0294. The van der Waals surface area contributed by atoms with Crippen molar-refractivity contribution in [1.29, 1.82) is 0 Å². The Morgan fingerprint density at radius 3 is 2.71 bits per heavy atom. The number of carbonyl (C=O) groups is 1. The normalized spacial score (nSPS) is 21.8. The summed E-state index contributed by atoms with van der Waals surface area (Å²) in [6, 6.07) is 4.18. The van der Waals surface area contributed by atoms with Crippen LogP contribution in [-0.4, -0.2) is 22.6 Å². The molecule has 0 radical (unpaired) electrons. The second-order valence-corrected chi connectivity index (χ2v) is 6.63. The molecule has 1 aliphatic carbocycles. The highest BCUT2D eigenvalue weighted by atomic mass is 32.2. The quantitative estimate of drug-likeness (QED) is 0.495. The molecule has 1 aliphatic heterocycles. The lowest BCUT2D eigenvalue weighted by atomic mass is 10.1. The SMILES string of the molecule is Nc1c(C2=N[C@@H]3C=CC=C[C@@H]3S2)[n+]([O-])c2cc(C=O)ccc2[n+]1[O-]. The second kappa shape index (κ2) is 5.34. The number of thioether (sulfide) groups is 1. The summed E-state index contributed by atoms with van der Waals surface area (Å²) in [5, 5.41) is 25.7. The maximum Gasteiger partial charge on any atom is 0.353 e. The van der Waals surface area contributed by atoms with Crippen molar-refractivity contribution in [1.82, 2.24) is 0 Å². The number of aliphatic imine (C=N–C) groups is 1. The summed E-state index contributed by atoms with van der Waals surface area (Å²) < 4.78 is 1.09. The molecular formula is C16H12N4O3S. The number of hydrogen-bond donors (Lipinski definition) is 1. The smallest absolute Gasteiger partial charge is 0.353 e. The van der Waals surface area contributed by atoms with E-state index in [0.29, 0.717) is 26.4 Å². The van der Waals surface area contributed by atoms with Crippen molar-refractivity contribution in [3.8, 4) is 0 Å². The van der Waals surface area contributed by atoms with Gasteiger partial charge < -0.3 is 10.4 Å². The van der Waals surface area contributed by atoms with Crippen LogP contribution in [0.5, 0.6) is 0 Å². The first kappa shape index (κ1) is 14.7. The van der Waals surface area contributed by atoms with Gasteiger partial charge >= 0.3 is 11.5 Å². The summed E-state index contributed by atoms with van der Waals surface area (Å²) in [6.45, 7) is 0. The van der Waals surface area contributed by atoms with E-state index in [4.69, 9.17) is 5.73 Å². The van der Waals surface area contributed by atoms with Crippen molar-refractivity contribution in [2.24, 2.45) is 4.99 Å². The summed E-state index contributed by atoms with van der Waals surface area (Å²) in [6.07, 6.45) is 8.37. The molecule has 0 unspecified atom stereocenters. The van der Waals surface area contributed by atoms with Gasteiger partial charge in [-0.1, -0.05) is 36.1 Å². The number of aromatic nitrogens is 2. The van der Waals surface area contributed by atoms with Crippen LogP contribution in [0.3, 0.4) is 0 Å². The molecular weight excluding hydrogens is 328 g/mol. The average molecular weight is 340 g/mol. The molecule has 4 rings (SSSR count). The van der Waals surface area contributed by atoms with Crippen LogP contribution in [0.2, 0.25) is 0 Å². The summed E-state index contributed by atoms with van der Waals surface area (Å²) in [5.74, 6) is -0.200. The van der Waals surface area contributed by atoms with Crippen molar-refractivity contribution < 1.29 is 14.3 Å². The Bertz CT molecular complexity index is 968. The van der Waals surface area contributed by atoms with Crippen LogP contribution in [0, 0.1) is 10.4 Å². The lowest BCUT2D eigenvalue weighted by molar-refractivity contribution is -0.619. The third-order valence-electron chi connectivity index (χ3n) is 4.01. The molecule has 2 heterocycles. The molecule has 8 heteroatoms. The molecule has 0 fully saturated rings. The van der Waals surface area contributed by atoms with E-state index in [-0.39, 0.29) is 33.8 Å². The third-order valence-corrected chi connectivity index (χ3v) is 5.24. The molecule has 2 atom stereocenters. The van der Waals surface area contributed by atoms with Crippen LogP contribution < -0.4 is 15.2 Å². The van der Waals surface area contributed by atoms with Crippen LogP contribution in [0.15, 0.2) is 47.5 Å². The zero-order valence-corrected chi connectivity index (χ0v) is 13.1. The summed E-state index contributed by atoms with van der Waals surface area (Å²) in [7, 11) is 0. The lowest BCUT2D eigenvalue weighted by Crippen LogP contribution is -2.45. The second-order valence-electron chi connectivity index (χ2n) is 5.47. The minimum Gasteiger partial charge on any atom is -0.710 e. The molecule has 0 saturated heterocycles. The van der Waals surface area contributed by atoms with E-state index in [0.717, 1.165) is 0 Å². The summed E-state index contributed by atoms with van der Waals surface area (Å²) >= 11 is 1.39. The average Bonchev–Trinajstić information content (AvgIpc) is 3.03. The first-order chi connectivity index (χ1) is 11.6. The van der Waals surface area contributed by atoms with E-state index in [1.165, 1.54) is 30.0 Å². The fourth-order valence-corrected chi connectivity index (χ4v) is 4.01. The van der Waals surface area contributed by atoms with E-state index in [2.05, 4.69) is 4.99 Å². The van der Waals surface area contributed by atoms with E-state index < -0.39 is 0 Å². The third kappa shape index (κ3) is 2.07. The number of nitrogen functional groups attached to an aromatic ring is 1. The van der Waals surface area contributed by atoms with Gasteiger partial charge in [0.05, 0.1) is 11.3 Å². The van der Waals surface area contributed by atoms with Crippen LogP contribution in [0.4, 0.5) is 5.82 Å². The first-order valence-electron chi connectivity index (χ1n) is 7.23. The van der Waals surface area contributed by atoms with Crippen molar-refractivity contribution >= 4 is 39.9 Å². The standard InChI is InChI=1S/C16H12N4O3S/c17-15-14(16-18-10-3-1-2-4-13(10)24-16)19(22)12-7-9(8-21)5-6-11(12)20(15)23/h1-8,10,13H,17H2/t10-,13+/m1/s1. The minimum atomic E-state index is -0.200. The predicted molar refractivity (Wildman–Crippen MR) is 91.7 cm³/mol. The Balaban J connectivity index is 1.94. The van der Waals surface area contributed by atoms with E-state index in [9.17, 15) is 15.2 Å². The predicted octanol–water partition coefficient (Wildman–Crippen LogP) is 0.858. The fourth-order valence-electron chi connectivity index (χ4n) is 2.81. The summed E-state index contributed by atoms with van der Waals surface area (Å²) in [4.78, 5) is 15.5. The van der Waals surface area contributed by atoms with E-state index in [1.54, 1.807) is 0 Å². The van der Waals surface area contributed by atoms with Crippen LogP contribution in [0.1, 0.15) is 16.1 Å². The van der Waals surface area contributed by atoms with Crippen LogP contribution in [-0.2, 0) is 0 Å². The number of hydrogen-bond acceptors (Lipinski definition) is 6. The Kier molecular flexibility index (Phi) is 3.27. The largest absolute Gasteiger partial charge is 0.710 e. The first-order valence-corrected chi connectivity index (χ1v) is 8.11. The molecule has 24 heavy (non-hydrogen) atoms. The van der Waals surface area contributed by atoms with Crippen molar-refractivity contribution in [3.05, 3.63) is 64.2 Å². The number of aldehydes is 1. The van der Waals surface area contributed by atoms with Crippen molar-refractivity contribution in [2.75, 3.05) is 5.73 Å². The topological polar surface area (TPSA) is 109 Å². The molecule has 0 saturated carbocycles. The zero-order chi connectivity index (χ0) is 16.8. The van der Waals surface area contributed by atoms with Gasteiger partial charge in [0.1, 0.15) is 6.29 Å². The number of fused-ring (bicyclic) bond motifs is 2. The van der Waals surface area contributed by atoms with E-state index >= 15 is 0 Å². The van der Waals surface area contributed by atoms with Crippen LogP contribution in [0.25, 0.3) is 11.0 Å². The van der Waals surface area contributed by atoms with Gasteiger partial charge in [0, 0.05) is 11.6 Å². The number of nitrogens with zero attached hydrogens (tertiary/aromatic N) is 3. The fraction of sp³-hybridized carbons (Fsp3) is 0.125. The van der Waals surface area contributed by atoms with Gasteiger partial charge in [-0.15, -0.1) is 0 Å². The molecule has 2 aromatic rings. The van der Waals surface area contributed by atoms with E-state index in [1.807, 2.05) is 24.3 Å². The number of anilines is 1. The van der Waals surface area contributed by atoms with Crippen molar-refractivity contribution in [3.63, 3.8) is 0 Å².